The van der Waals surface area contributed by atoms with Crippen LogP contribution < -0.4 is 9.47 Å². The smallest absolute Gasteiger partial charge is 0.347 e. The summed E-state index contributed by atoms with van der Waals surface area (Å²) in [5, 5.41) is 0.913. The molecule has 140 valence electrons. The molecule has 7 heteroatoms. The van der Waals surface area contributed by atoms with Gasteiger partial charge in [-0.2, -0.15) is 0 Å². The molecular formula is C20H16Cl2O5. The summed E-state index contributed by atoms with van der Waals surface area (Å²) in [6, 6.07) is 9.73. The number of carbonyl (C=O) groups is 2. The van der Waals surface area contributed by atoms with Crippen LogP contribution in [-0.4, -0.2) is 24.5 Å². The number of benzene rings is 2. The second-order valence-electron chi connectivity index (χ2n) is 5.78. The predicted octanol–water partition coefficient (Wildman–Crippen LogP) is 4.94. The van der Waals surface area contributed by atoms with Gasteiger partial charge in [-0.1, -0.05) is 29.3 Å². The highest BCUT2D eigenvalue weighted by Gasteiger charge is 2.28. The molecule has 0 saturated carbocycles. The van der Waals surface area contributed by atoms with Crippen molar-refractivity contribution >= 4 is 41.0 Å². The molecule has 0 spiro atoms. The van der Waals surface area contributed by atoms with E-state index in [1.54, 1.807) is 56.3 Å². The van der Waals surface area contributed by atoms with Gasteiger partial charge in [0.1, 0.15) is 11.5 Å². The minimum atomic E-state index is -0.775. The van der Waals surface area contributed by atoms with Crippen LogP contribution in [0, 0.1) is 0 Å². The highest BCUT2D eigenvalue weighted by molar-refractivity contribution is 6.35. The number of ketones is 1. The monoisotopic (exact) mass is 406 g/mol. The van der Waals surface area contributed by atoms with Crippen LogP contribution in [0.5, 0.6) is 11.5 Å². The van der Waals surface area contributed by atoms with E-state index < -0.39 is 12.1 Å². The second-order valence-corrected chi connectivity index (χ2v) is 6.62. The third-order valence-corrected chi connectivity index (χ3v) is 4.38. The van der Waals surface area contributed by atoms with Crippen molar-refractivity contribution in [2.45, 2.75) is 20.0 Å². The Kier molecular flexibility index (Phi) is 5.73. The number of Topliss-reactive ketones (excluding diaryl/α,β-unsaturated/α-hetero) is 1. The third-order valence-electron chi connectivity index (χ3n) is 3.82. The number of halogens is 2. The Morgan fingerprint density at radius 1 is 1.22 bits per heavy atom. The summed E-state index contributed by atoms with van der Waals surface area (Å²) in [4.78, 5) is 24.2. The Hall–Kier alpha value is -2.50. The lowest BCUT2D eigenvalue weighted by atomic mass is 10.1. The molecule has 3 rings (SSSR count). The van der Waals surface area contributed by atoms with Crippen LogP contribution in [0.1, 0.15) is 29.8 Å². The van der Waals surface area contributed by atoms with Crippen molar-refractivity contribution in [1.29, 1.82) is 0 Å². The fourth-order valence-corrected chi connectivity index (χ4v) is 2.98. The molecule has 1 heterocycles. The van der Waals surface area contributed by atoms with Crippen LogP contribution >= 0.6 is 23.2 Å². The maximum atomic E-state index is 12.5. The zero-order valence-corrected chi connectivity index (χ0v) is 16.1. The standard InChI is InChI=1S/C20H16Cl2O5/c1-3-25-20(24)11(2)26-14-6-7-15-17(10-14)27-18(19(15)23)8-12-4-5-13(21)9-16(12)22/h4-11H,3H2,1-2H3/b18-8-. The molecule has 0 aromatic heterocycles. The van der Waals surface area contributed by atoms with E-state index in [4.69, 9.17) is 37.4 Å². The molecule has 0 aliphatic carbocycles. The number of fused-ring (bicyclic) bond motifs is 1. The van der Waals surface area contributed by atoms with E-state index >= 15 is 0 Å². The normalized spacial score (nSPS) is 15.3. The van der Waals surface area contributed by atoms with Crippen LogP contribution in [0.25, 0.3) is 6.08 Å². The van der Waals surface area contributed by atoms with E-state index in [2.05, 4.69) is 0 Å². The molecule has 1 atom stereocenters. The van der Waals surface area contributed by atoms with Gasteiger partial charge in [0.2, 0.25) is 5.78 Å². The van der Waals surface area contributed by atoms with Crippen molar-refractivity contribution in [3.05, 3.63) is 63.3 Å². The molecule has 0 N–H and O–H groups in total. The molecule has 0 radical (unpaired) electrons. The van der Waals surface area contributed by atoms with E-state index in [0.717, 1.165) is 0 Å². The van der Waals surface area contributed by atoms with Crippen molar-refractivity contribution < 1.29 is 23.8 Å². The molecule has 5 nitrogen and oxygen atoms in total. The lowest BCUT2D eigenvalue weighted by molar-refractivity contribution is -0.150. The lowest BCUT2D eigenvalue weighted by Gasteiger charge is -2.13. The Bertz CT molecular complexity index is 936. The summed E-state index contributed by atoms with van der Waals surface area (Å²) >= 11 is 12.0. The maximum Gasteiger partial charge on any atom is 0.347 e. The summed E-state index contributed by atoms with van der Waals surface area (Å²) in [7, 11) is 0. The van der Waals surface area contributed by atoms with E-state index in [0.29, 0.717) is 32.7 Å². The second kappa shape index (κ2) is 8.03. The van der Waals surface area contributed by atoms with Crippen molar-refractivity contribution in [1.82, 2.24) is 0 Å². The molecule has 27 heavy (non-hydrogen) atoms. The SMILES string of the molecule is CCOC(=O)C(C)Oc1ccc2c(c1)O/C(=C\c1ccc(Cl)cc1Cl)C2=O. The zero-order chi connectivity index (χ0) is 19.6. The van der Waals surface area contributed by atoms with Crippen LogP contribution in [0.3, 0.4) is 0 Å². The molecule has 0 fully saturated rings. The lowest BCUT2D eigenvalue weighted by Crippen LogP contribution is -2.26. The minimum absolute atomic E-state index is 0.143. The molecule has 0 bridgehead atoms. The third kappa shape index (κ3) is 4.26. The first-order chi connectivity index (χ1) is 12.9. The van der Waals surface area contributed by atoms with Gasteiger partial charge in [-0.25, -0.2) is 4.79 Å². The average Bonchev–Trinajstić information content (AvgIpc) is 2.93. The number of hydrogen-bond donors (Lipinski definition) is 0. The summed E-state index contributed by atoms with van der Waals surface area (Å²) in [5.74, 6) is 0.163. The number of esters is 1. The van der Waals surface area contributed by atoms with Gasteiger partial charge < -0.3 is 14.2 Å². The number of ether oxygens (including phenoxy) is 3. The van der Waals surface area contributed by atoms with E-state index in [1.165, 1.54) is 0 Å². The first-order valence-electron chi connectivity index (χ1n) is 8.25. The highest BCUT2D eigenvalue weighted by atomic mass is 35.5. The minimum Gasteiger partial charge on any atom is -0.479 e. The van der Waals surface area contributed by atoms with E-state index in [9.17, 15) is 9.59 Å². The largest absolute Gasteiger partial charge is 0.479 e. The van der Waals surface area contributed by atoms with Crippen LogP contribution in [-0.2, 0) is 9.53 Å². The van der Waals surface area contributed by atoms with Crippen molar-refractivity contribution in [2.75, 3.05) is 6.61 Å². The molecule has 1 aliphatic heterocycles. The highest BCUT2D eigenvalue weighted by Crippen LogP contribution is 2.36. The Labute approximate surface area is 166 Å². The quantitative estimate of drug-likeness (QED) is 0.519. The first-order valence-corrected chi connectivity index (χ1v) is 9.01. The molecule has 1 unspecified atom stereocenters. The van der Waals surface area contributed by atoms with Gasteiger partial charge in [0.25, 0.3) is 0 Å². The Morgan fingerprint density at radius 2 is 2.00 bits per heavy atom. The zero-order valence-electron chi connectivity index (χ0n) is 14.6. The van der Waals surface area contributed by atoms with Gasteiger partial charge in [0, 0.05) is 16.1 Å². The van der Waals surface area contributed by atoms with Gasteiger partial charge >= 0.3 is 5.97 Å². The van der Waals surface area contributed by atoms with Gasteiger partial charge in [-0.05, 0) is 49.8 Å². The van der Waals surface area contributed by atoms with Crippen molar-refractivity contribution in [3.63, 3.8) is 0 Å². The summed E-state index contributed by atoms with van der Waals surface area (Å²) < 4.78 is 16.1. The fraction of sp³-hybridized carbons (Fsp3) is 0.200. The molecule has 0 amide bonds. The fourth-order valence-electron chi connectivity index (χ4n) is 2.51. The predicted molar refractivity (Wildman–Crippen MR) is 103 cm³/mol. The number of carbonyl (C=O) groups excluding carboxylic acids is 2. The summed E-state index contributed by atoms with van der Waals surface area (Å²) in [6.45, 7) is 3.58. The van der Waals surface area contributed by atoms with Gasteiger partial charge in [0.15, 0.2) is 11.9 Å². The molecule has 0 saturated heterocycles. The topological polar surface area (TPSA) is 61.8 Å². The van der Waals surface area contributed by atoms with Crippen molar-refractivity contribution in [2.24, 2.45) is 0 Å². The van der Waals surface area contributed by atoms with Crippen molar-refractivity contribution in [3.8, 4) is 11.5 Å². The maximum absolute atomic E-state index is 12.5. The van der Waals surface area contributed by atoms with Gasteiger partial charge in [-0.3, -0.25) is 4.79 Å². The molecule has 2 aromatic carbocycles. The number of rotatable bonds is 5. The summed E-state index contributed by atoms with van der Waals surface area (Å²) in [5.41, 5.74) is 1.02. The average molecular weight is 407 g/mol. The molecule has 1 aliphatic rings. The van der Waals surface area contributed by atoms with Gasteiger partial charge in [0.05, 0.1) is 12.2 Å². The Balaban J connectivity index is 1.81. The van der Waals surface area contributed by atoms with Gasteiger partial charge in [-0.15, -0.1) is 0 Å². The number of allylic oxidation sites excluding steroid dienone is 1. The first kappa shape index (κ1) is 19.3. The molecular weight excluding hydrogens is 391 g/mol. The molecule has 2 aromatic rings. The van der Waals surface area contributed by atoms with Crippen LogP contribution in [0.2, 0.25) is 10.0 Å². The van der Waals surface area contributed by atoms with Crippen LogP contribution in [0.15, 0.2) is 42.2 Å². The van der Waals surface area contributed by atoms with Crippen LogP contribution in [0.4, 0.5) is 0 Å². The summed E-state index contributed by atoms with van der Waals surface area (Å²) in [6.07, 6.45) is 0.783. The number of hydrogen-bond acceptors (Lipinski definition) is 5. The van der Waals surface area contributed by atoms with E-state index in [-0.39, 0.29) is 18.1 Å². The Morgan fingerprint density at radius 3 is 2.70 bits per heavy atom. The van der Waals surface area contributed by atoms with E-state index in [1.807, 2.05) is 0 Å².